The predicted octanol–water partition coefficient (Wildman–Crippen LogP) is 7.33. The number of aromatic nitrogens is 2. The Labute approximate surface area is 231 Å². The fourth-order valence-electron chi connectivity index (χ4n) is 4.49. The lowest BCUT2D eigenvalue weighted by Crippen LogP contribution is -2.44. The third-order valence-corrected chi connectivity index (χ3v) is 9.05. The van der Waals surface area contributed by atoms with E-state index >= 15 is 0 Å². The van der Waals surface area contributed by atoms with Gasteiger partial charge in [0.25, 0.3) is 0 Å². The van der Waals surface area contributed by atoms with E-state index in [1.165, 1.54) is 53.4 Å². The Morgan fingerprint density at radius 3 is 2.35 bits per heavy atom. The van der Waals surface area contributed by atoms with Crippen LogP contribution in [-0.4, -0.2) is 21.8 Å². The number of hydrogen-bond donors (Lipinski definition) is 1. The van der Waals surface area contributed by atoms with Crippen molar-refractivity contribution in [1.82, 2.24) is 10.2 Å². The maximum Gasteiger partial charge on any atom is 0.230 e. The summed E-state index contributed by atoms with van der Waals surface area (Å²) in [5, 5.41) is 17.8. The Balaban J connectivity index is 1.81. The molecule has 0 amide bonds. The van der Waals surface area contributed by atoms with Gasteiger partial charge in [-0.15, -0.1) is 10.2 Å². The summed E-state index contributed by atoms with van der Waals surface area (Å²) in [7, 11) is 0. The molecule has 1 aromatic heterocycles. The monoisotopic (exact) mass is 575 g/mol. The molecular formula is C26H21Cl2F2N5S2. The van der Waals surface area contributed by atoms with Crippen LogP contribution >= 0.6 is 46.3 Å². The molecule has 5 rings (SSSR count). The molecule has 0 radical (unpaired) electrons. The van der Waals surface area contributed by atoms with Gasteiger partial charge < -0.3 is 5.73 Å². The number of thioether (sulfide) groups is 1. The first-order chi connectivity index (χ1) is 17.8. The number of anilines is 1. The third-order valence-electron chi connectivity index (χ3n) is 6.06. The van der Waals surface area contributed by atoms with E-state index in [0.29, 0.717) is 44.3 Å². The Bertz CT molecular complexity index is 1470. The molecule has 37 heavy (non-hydrogen) atoms. The van der Waals surface area contributed by atoms with Crippen LogP contribution in [0.2, 0.25) is 10.0 Å². The standard InChI is InChI=1S/C26H21Cl2F2N5S2/c1-15-32-33-25(36-15)35-26(16-5-3-2-4-6-16,21(11-12-31)19-13-17(29)7-9-22(19)27)37-24(34-35)20-14-18(30)8-10-23(20)28/h2-10,13-14,21H,11-12,31H2,1H3. The molecule has 11 heteroatoms. The number of halogens is 4. The average molecular weight is 577 g/mol. The van der Waals surface area contributed by atoms with Gasteiger partial charge in [-0.05, 0) is 67.4 Å². The highest BCUT2D eigenvalue weighted by molar-refractivity contribution is 8.15. The second kappa shape index (κ2) is 10.7. The van der Waals surface area contributed by atoms with Crippen LogP contribution in [0.15, 0.2) is 71.8 Å². The summed E-state index contributed by atoms with van der Waals surface area (Å²) in [5.41, 5.74) is 8.02. The molecule has 190 valence electrons. The van der Waals surface area contributed by atoms with Gasteiger partial charge in [0.2, 0.25) is 5.13 Å². The van der Waals surface area contributed by atoms with E-state index < -0.39 is 22.4 Å². The zero-order valence-electron chi connectivity index (χ0n) is 19.5. The van der Waals surface area contributed by atoms with Gasteiger partial charge in [0.05, 0.1) is 5.02 Å². The molecule has 0 aliphatic carbocycles. The van der Waals surface area contributed by atoms with Gasteiger partial charge in [-0.25, -0.2) is 13.8 Å². The summed E-state index contributed by atoms with van der Waals surface area (Å²) in [6.45, 7) is 2.15. The molecule has 2 N–H and O–H groups in total. The van der Waals surface area contributed by atoms with Crippen molar-refractivity contribution in [3.63, 3.8) is 0 Å². The molecule has 5 nitrogen and oxygen atoms in total. The number of hydrogen-bond acceptors (Lipinski definition) is 7. The number of aryl methyl sites for hydroxylation is 1. The van der Waals surface area contributed by atoms with Crippen LogP contribution in [0.4, 0.5) is 13.9 Å². The first kappa shape index (κ1) is 26.1. The normalized spacial score (nSPS) is 18.2. The summed E-state index contributed by atoms with van der Waals surface area (Å²) >= 11 is 16.0. The molecule has 0 bridgehead atoms. The van der Waals surface area contributed by atoms with Crippen LogP contribution in [0.1, 0.15) is 34.0 Å². The van der Waals surface area contributed by atoms with E-state index in [1.807, 2.05) is 37.3 Å². The van der Waals surface area contributed by atoms with Crippen LogP contribution in [-0.2, 0) is 4.87 Å². The van der Waals surface area contributed by atoms with Crippen LogP contribution in [0.5, 0.6) is 0 Å². The number of hydrazone groups is 1. The van der Waals surface area contributed by atoms with Gasteiger partial charge in [-0.2, -0.15) is 5.10 Å². The maximum absolute atomic E-state index is 14.6. The van der Waals surface area contributed by atoms with Crippen molar-refractivity contribution in [2.45, 2.75) is 24.1 Å². The highest BCUT2D eigenvalue weighted by Gasteiger charge is 2.54. The highest BCUT2D eigenvalue weighted by atomic mass is 35.5. The lowest BCUT2D eigenvalue weighted by Gasteiger charge is -2.42. The Hall–Kier alpha value is -2.56. The Kier molecular flexibility index (Phi) is 7.51. The summed E-state index contributed by atoms with van der Waals surface area (Å²) in [6.07, 6.45) is 0.443. The topological polar surface area (TPSA) is 67.4 Å². The van der Waals surface area contributed by atoms with Crippen molar-refractivity contribution in [2.24, 2.45) is 10.8 Å². The third kappa shape index (κ3) is 4.86. The maximum atomic E-state index is 14.6. The first-order valence-corrected chi connectivity index (χ1v) is 13.8. The minimum atomic E-state index is -1.02. The number of benzene rings is 3. The number of nitrogens with two attached hydrogens (primary N) is 1. The first-order valence-electron chi connectivity index (χ1n) is 11.4. The largest absolute Gasteiger partial charge is 0.330 e. The van der Waals surface area contributed by atoms with E-state index in [0.717, 1.165) is 10.6 Å². The van der Waals surface area contributed by atoms with Gasteiger partial charge in [0.15, 0.2) is 0 Å². The second-order valence-corrected chi connectivity index (χ2v) is 11.6. The quantitative estimate of drug-likeness (QED) is 0.250. The molecule has 4 aromatic rings. The molecule has 3 aromatic carbocycles. The van der Waals surface area contributed by atoms with E-state index in [-0.39, 0.29) is 0 Å². The smallest absolute Gasteiger partial charge is 0.230 e. The molecular weight excluding hydrogens is 555 g/mol. The fourth-order valence-corrected chi connectivity index (χ4v) is 7.31. The van der Waals surface area contributed by atoms with Crippen LogP contribution in [0.3, 0.4) is 0 Å². The van der Waals surface area contributed by atoms with E-state index in [4.69, 9.17) is 34.0 Å². The molecule has 0 fully saturated rings. The lowest BCUT2D eigenvalue weighted by atomic mass is 9.83. The van der Waals surface area contributed by atoms with Crippen molar-refractivity contribution in [3.8, 4) is 0 Å². The van der Waals surface area contributed by atoms with Gasteiger partial charge in [0.1, 0.15) is 26.6 Å². The number of rotatable bonds is 7. The zero-order chi connectivity index (χ0) is 26.2. The molecule has 2 unspecified atom stereocenters. The summed E-state index contributed by atoms with van der Waals surface area (Å²) in [6, 6.07) is 18.1. The van der Waals surface area contributed by atoms with Crippen LogP contribution in [0.25, 0.3) is 0 Å². The molecule has 2 heterocycles. The van der Waals surface area contributed by atoms with Crippen molar-refractivity contribution >= 4 is 56.5 Å². The summed E-state index contributed by atoms with van der Waals surface area (Å²) < 4.78 is 29.0. The fraction of sp³-hybridized carbons (Fsp3) is 0.192. The van der Waals surface area contributed by atoms with Crippen molar-refractivity contribution in [3.05, 3.63) is 110 Å². The van der Waals surface area contributed by atoms with Gasteiger partial charge in [-0.3, -0.25) is 0 Å². The van der Waals surface area contributed by atoms with Crippen LogP contribution < -0.4 is 10.7 Å². The average Bonchev–Trinajstić information content (AvgIpc) is 3.50. The van der Waals surface area contributed by atoms with Crippen molar-refractivity contribution in [1.29, 1.82) is 0 Å². The highest BCUT2D eigenvalue weighted by Crippen LogP contribution is 2.59. The minimum Gasteiger partial charge on any atom is -0.330 e. The molecule has 0 spiro atoms. The SMILES string of the molecule is Cc1nnc(N2N=C(c3cc(F)ccc3Cl)SC2(c2ccccc2)C(CCN)c2cc(F)ccc2Cl)s1. The van der Waals surface area contributed by atoms with E-state index in [1.54, 1.807) is 11.1 Å². The lowest BCUT2D eigenvalue weighted by molar-refractivity contribution is 0.449. The zero-order valence-corrected chi connectivity index (χ0v) is 22.7. The van der Waals surface area contributed by atoms with Gasteiger partial charge in [-0.1, -0.05) is 76.6 Å². The predicted molar refractivity (Wildman–Crippen MR) is 149 cm³/mol. The molecule has 2 atom stereocenters. The second-order valence-electron chi connectivity index (χ2n) is 8.41. The van der Waals surface area contributed by atoms with Crippen molar-refractivity contribution in [2.75, 3.05) is 11.6 Å². The molecule has 0 saturated carbocycles. The summed E-state index contributed by atoms with van der Waals surface area (Å²) in [4.78, 5) is -1.02. The molecule has 0 saturated heterocycles. The Morgan fingerprint density at radius 2 is 1.68 bits per heavy atom. The summed E-state index contributed by atoms with van der Waals surface area (Å²) in [5.74, 6) is -1.31. The van der Waals surface area contributed by atoms with E-state index in [9.17, 15) is 8.78 Å². The van der Waals surface area contributed by atoms with E-state index in [2.05, 4.69) is 10.2 Å². The van der Waals surface area contributed by atoms with Crippen LogP contribution in [0, 0.1) is 18.6 Å². The van der Waals surface area contributed by atoms with Gasteiger partial charge >= 0.3 is 0 Å². The molecule has 1 aliphatic heterocycles. The van der Waals surface area contributed by atoms with Gasteiger partial charge in [0, 0.05) is 16.5 Å². The minimum absolute atomic E-state index is 0.297. The van der Waals surface area contributed by atoms with Crippen molar-refractivity contribution < 1.29 is 8.78 Å². The Morgan fingerprint density at radius 1 is 0.973 bits per heavy atom. The number of nitrogens with zero attached hydrogens (tertiary/aromatic N) is 4. The molecule has 1 aliphatic rings.